The third-order valence-corrected chi connectivity index (χ3v) is 4.43. The number of hydrogen-bond donors (Lipinski definition) is 2. The van der Waals surface area contributed by atoms with Crippen molar-refractivity contribution in [2.24, 2.45) is 4.99 Å². The molecule has 0 aliphatic carbocycles. The smallest absolute Gasteiger partial charge is 0.239 e. The molecule has 1 fully saturated rings. The Morgan fingerprint density at radius 3 is 2.52 bits per heavy atom. The minimum atomic E-state index is -0.229. The van der Waals surface area contributed by atoms with Gasteiger partial charge in [0, 0.05) is 38.9 Å². The Labute approximate surface area is 157 Å². The van der Waals surface area contributed by atoms with Gasteiger partial charge < -0.3 is 24.9 Å². The lowest BCUT2D eigenvalue weighted by Gasteiger charge is -2.37. The molecule has 1 aliphatic rings. The van der Waals surface area contributed by atoms with Gasteiger partial charge in [0.15, 0.2) is 5.96 Å². The first-order chi connectivity index (χ1) is 13.2. The Morgan fingerprint density at radius 2 is 1.89 bits per heavy atom. The molecule has 0 unspecified atom stereocenters. The molecule has 8 heteroatoms. The van der Waals surface area contributed by atoms with Crippen molar-refractivity contribution in [2.75, 3.05) is 44.7 Å². The van der Waals surface area contributed by atoms with Crippen molar-refractivity contribution in [3.05, 3.63) is 54.2 Å². The fourth-order valence-electron chi connectivity index (χ4n) is 2.98. The predicted molar refractivity (Wildman–Crippen MR) is 102 cm³/mol. The van der Waals surface area contributed by atoms with Gasteiger partial charge in [0.05, 0.1) is 19.4 Å². The van der Waals surface area contributed by atoms with E-state index in [2.05, 4.69) is 25.4 Å². The number of carbonyl (C=O) groups excluding carboxylic acids is 1. The third-order valence-electron chi connectivity index (χ3n) is 4.43. The van der Waals surface area contributed by atoms with E-state index in [-0.39, 0.29) is 18.3 Å². The van der Waals surface area contributed by atoms with E-state index in [4.69, 9.17) is 4.42 Å². The zero-order valence-electron chi connectivity index (χ0n) is 15.3. The molecule has 3 rings (SSSR count). The zero-order valence-corrected chi connectivity index (χ0v) is 15.3. The van der Waals surface area contributed by atoms with Gasteiger partial charge in [0.1, 0.15) is 11.6 Å². The number of guanidine groups is 1. The lowest BCUT2D eigenvalue weighted by Crippen LogP contribution is -2.53. The van der Waals surface area contributed by atoms with Crippen LogP contribution in [0.1, 0.15) is 5.76 Å². The molecule has 0 saturated carbocycles. The summed E-state index contributed by atoms with van der Waals surface area (Å²) in [7, 11) is 1.70. The van der Waals surface area contributed by atoms with E-state index in [9.17, 15) is 9.18 Å². The summed E-state index contributed by atoms with van der Waals surface area (Å²) in [5.41, 5.74) is 1.01. The topological polar surface area (TPSA) is 73.1 Å². The van der Waals surface area contributed by atoms with Crippen molar-refractivity contribution in [3.63, 3.8) is 0 Å². The second kappa shape index (κ2) is 9.07. The molecule has 1 aromatic carbocycles. The number of carbonyl (C=O) groups is 1. The number of aliphatic imine (C=N–C) groups is 1. The predicted octanol–water partition coefficient (Wildman–Crippen LogP) is 1.43. The molecule has 1 amide bonds. The van der Waals surface area contributed by atoms with Crippen molar-refractivity contribution in [1.29, 1.82) is 0 Å². The van der Waals surface area contributed by atoms with Crippen LogP contribution in [0.25, 0.3) is 0 Å². The number of anilines is 1. The van der Waals surface area contributed by atoms with Gasteiger partial charge in [-0.15, -0.1) is 0 Å². The Hall–Kier alpha value is -3.03. The minimum absolute atomic E-state index is 0.127. The number of nitrogens with one attached hydrogen (secondary N) is 2. The first-order valence-corrected chi connectivity index (χ1v) is 8.91. The summed E-state index contributed by atoms with van der Waals surface area (Å²) in [4.78, 5) is 20.6. The van der Waals surface area contributed by atoms with Crippen LogP contribution < -0.4 is 15.5 Å². The molecule has 2 aromatic rings. The van der Waals surface area contributed by atoms with Gasteiger partial charge in [-0.2, -0.15) is 0 Å². The van der Waals surface area contributed by atoms with E-state index in [0.717, 1.165) is 31.9 Å². The number of nitrogens with zero attached hydrogens (tertiary/aromatic N) is 3. The average Bonchev–Trinajstić information content (AvgIpc) is 3.22. The first kappa shape index (κ1) is 18.8. The number of benzene rings is 1. The van der Waals surface area contributed by atoms with Crippen LogP contribution in [-0.4, -0.2) is 56.5 Å². The Balaban J connectivity index is 1.43. The average molecular weight is 373 g/mol. The van der Waals surface area contributed by atoms with E-state index in [1.165, 1.54) is 12.1 Å². The van der Waals surface area contributed by atoms with Gasteiger partial charge in [0.25, 0.3) is 0 Å². The summed E-state index contributed by atoms with van der Waals surface area (Å²) in [5, 5.41) is 5.89. The molecule has 0 atom stereocenters. The minimum Gasteiger partial charge on any atom is -0.467 e. The fraction of sp³-hybridized carbons (Fsp3) is 0.368. The summed E-state index contributed by atoms with van der Waals surface area (Å²) in [5.74, 6) is 1.05. The molecular weight excluding hydrogens is 349 g/mol. The summed E-state index contributed by atoms with van der Waals surface area (Å²) >= 11 is 0. The molecule has 1 saturated heterocycles. The quantitative estimate of drug-likeness (QED) is 0.613. The van der Waals surface area contributed by atoms with Crippen molar-refractivity contribution in [3.8, 4) is 0 Å². The summed E-state index contributed by atoms with van der Waals surface area (Å²) in [6.07, 6.45) is 1.58. The molecule has 0 bridgehead atoms. The molecular formula is C19H24FN5O2. The lowest BCUT2D eigenvalue weighted by molar-refractivity contribution is -0.120. The maximum atomic E-state index is 13.1. The summed E-state index contributed by atoms with van der Waals surface area (Å²) in [6, 6.07) is 10.1. The molecule has 2 N–H and O–H groups in total. The summed E-state index contributed by atoms with van der Waals surface area (Å²) < 4.78 is 18.3. The van der Waals surface area contributed by atoms with E-state index in [1.807, 2.05) is 6.07 Å². The maximum absolute atomic E-state index is 13.1. The highest BCUT2D eigenvalue weighted by atomic mass is 19.1. The van der Waals surface area contributed by atoms with Crippen LogP contribution in [0, 0.1) is 5.82 Å². The van der Waals surface area contributed by atoms with E-state index in [0.29, 0.717) is 18.3 Å². The van der Waals surface area contributed by atoms with E-state index >= 15 is 0 Å². The number of halogens is 1. The van der Waals surface area contributed by atoms with E-state index < -0.39 is 0 Å². The largest absolute Gasteiger partial charge is 0.467 e. The second-order valence-corrected chi connectivity index (χ2v) is 6.21. The monoisotopic (exact) mass is 373 g/mol. The van der Waals surface area contributed by atoms with Gasteiger partial charge in [0.2, 0.25) is 5.91 Å². The highest BCUT2D eigenvalue weighted by Crippen LogP contribution is 2.16. The normalized spacial score (nSPS) is 15.0. The highest BCUT2D eigenvalue weighted by Gasteiger charge is 2.20. The molecule has 144 valence electrons. The van der Waals surface area contributed by atoms with Gasteiger partial charge in [-0.1, -0.05) is 0 Å². The van der Waals surface area contributed by atoms with Crippen molar-refractivity contribution >= 4 is 17.6 Å². The third kappa shape index (κ3) is 5.22. The number of rotatable bonds is 5. The highest BCUT2D eigenvalue weighted by molar-refractivity contribution is 5.86. The molecule has 27 heavy (non-hydrogen) atoms. The van der Waals surface area contributed by atoms with Crippen molar-refractivity contribution < 1.29 is 13.6 Å². The maximum Gasteiger partial charge on any atom is 0.239 e. The van der Waals surface area contributed by atoms with Crippen LogP contribution in [0.15, 0.2) is 52.1 Å². The zero-order chi connectivity index (χ0) is 19.1. The van der Waals surface area contributed by atoms with Gasteiger partial charge in [-0.05, 0) is 36.4 Å². The number of piperazine rings is 1. The van der Waals surface area contributed by atoms with Crippen molar-refractivity contribution in [1.82, 2.24) is 15.5 Å². The summed E-state index contributed by atoms with van der Waals surface area (Å²) in [6.45, 7) is 3.65. The van der Waals surface area contributed by atoms with Gasteiger partial charge in [-0.25, -0.2) is 4.39 Å². The van der Waals surface area contributed by atoms with Crippen LogP contribution in [0.2, 0.25) is 0 Å². The van der Waals surface area contributed by atoms with Crippen LogP contribution in [-0.2, 0) is 11.3 Å². The standard InChI is InChI=1S/C19H24FN5O2/c1-21-19(23-14-18(26)22-13-17-3-2-12-27-17)25-10-8-24(9-11-25)16-6-4-15(20)5-7-16/h2-7,12H,8-11,13-14H2,1H3,(H,21,23)(H,22,26). The van der Waals surface area contributed by atoms with Crippen molar-refractivity contribution in [2.45, 2.75) is 6.54 Å². The Morgan fingerprint density at radius 1 is 1.15 bits per heavy atom. The van der Waals surface area contributed by atoms with Crippen LogP contribution >= 0.6 is 0 Å². The molecule has 1 aromatic heterocycles. The first-order valence-electron chi connectivity index (χ1n) is 8.91. The van der Waals surface area contributed by atoms with Gasteiger partial charge >= 0.3 is 0 Å². The fourth-order valence-corrected chi connectivity index (χ4v) is 2.98. The number of hydrogen-bond acceptors (Lipinski definition) is 4. The number of furan rings is 1. The SMILES string of the molecule is CN=C(NCC(=O)NCc1ccco1)N1CCN(c2ccc(F)cc2)CC1. The molecule has 7 nitrogen and oxygen atoms in total. The van der Waals surface area contributed by atoms with Gasteiger partial charge in [-0.3, -0.25) is 9.79 Å². The molecule has 1 aliphatic heterocycles. The molecule has 0 radical (unpaired) electrons. The lowest BCUT2D eigenvalue weighted by atomic mass is 10.2. The van der Waals surface area contributed by atoms with Crippen LogP contribution in [0.4, 0.5) is 10.1 Å². The van der Waals surface area contributed by atoms with Crippen LogP contribution in [0.3, 0.4) is 0 Å². The second-order valence-electron chi connectivity index (χ2n) is 6.21. The van der Waals surface area contributed by atoms with E-state index in [1.54, 1.807) is 31.5 Å². The Bertz CT molecular complexity index is 753. The Kier molecular flexibility index (Phi) is 6.30. The molecule has 2 heterocycles. The number of amides is 1. The van der Waals surface area contributed by atoms with Crippen LogP contribution in [0.5, 0.6) is 0 Å². The molecule has 0 spiro atoms.